The van der Waals surface area contributed by atoms with Crippen LogP contribution in [0.4, 0.5) is 4.79 Å². The highest BCUT2D eigenvalue weighted by Crippen LogP contribution is 2.35. The van der Waals surface area contributed by atoms with Crippen LogP contribution < -0.4 is 9.47 Å². The second-order valence-electron chi connectivity index (χ2n) is 9.18. The maximum absolute atomic E-state index is 12.8. The van der Waals surface area contributed by atoms with Gasteiger partial charge in [0.2, 0.25) is 0 Å². The molecule has 8 nitrogen and oxygen atoms in total. The molecule has 3 rings (SSSR count). The number of ketones is 1. The van der Waals surface area contributed by atoms with E-state index in [4.69, 9.17) is 18.9 Å². The van der Waals surface area contributed by atoms with E-state index in [2.05, 4.69) is 13.0 Å². The van der Waals surface area contributed by atoms with Crippen molar-refractivity contribution in [3.8, 4) is 11.5 Å². The molecule has 0 unspecified atom stereocenters. The maximum Gasteiger partial charge on any atom is 0.410 e. The van der Waals surface area contributed by atoms with Crippen molar-refractivity contribution in [1.29, 1.82) is 0 Å². The molecule has 0 heterocycles. The van der Waals surface area contributed by atoms with E-state index in [-0.39, 0.29) is 36.6 Å². The molecule has 1 aromatic carbocycles. The van der Waals surface area contributed by atoms with Gasteiger partial charge in [-0.2, -0.15) is 0 Å². The summed E-state index contributed by atoms with van der Waals surface area (Å²) in [7, 11) is 2.96. The largest absolute Gasteiger partial charge is 0.497 e. The van der Waals surface area contributed by atoms with Crippen LogP contribution in [-0.2, 0) is 19.1 Å². The average molecular weight is 486 g/mol. The number of Topliss-reactive ketones (excluding diaryl/α,β-unsaturated/α-hetero) is 1. The molecule has 0 saturated heterocycles. The number of hydrogen-bond acceptors (Lipinski definition) is 7. The van der Waals surface area contributed by atoms with Crippen LogP contribution in [0.1, 0.15) is 46.5 Å². The zero-order chi connectivity index (χ0) is 25.5. The van der Waals surface area contributed by atoms with Gasteiger partial charge in [-0.1, -0.05) is 18.6 Å². The number of esters is 1. The number of hydrogen-bond donors (Lipinski definition) is 0. The van der Waals surface area contributed by atoms with Crippen molar-refractivity contribution in [2.24, 2.45) is 11.8 Å². The summed E-state index contributed by atoms with van der Waals surface area (Å²) < 4.78 is 21.5. The summed E-state index contributed by atoms with van der Waals surface area (Å²) in [5.74, 6) is 1.82. The topological polar surface area (TPSA) is 91.4 Å². The molecule has 0 saturated carbocycles. The first-order chi connectivity index (χ1) is 16.7. The third-order valence-electron chi connectivity index (χ3n) is 6.80. The summed E-state index contributed by atoms with van der Waals surface area (Å²) in [5.41, 5.74) is 1.42. The van der Waals surface area contributed by atoms with E-state index in [9.17, 15) is 14.4 Å². The fourth-order valence-electron chi connectivity index (χ4n) is 4.65. The number of allylic oxidation sites excluding steroid dienone is 2. The van der Waals surface area contributed by atoms with Crippen LogP contribution in [0.5, 0.6) is 11.5 Å². The molecule has 35 heavy (non-hydrogen) atoms. The first kappa shape index (κ1) is 26.3. The summed E-state index contributed by atoms with van der Waals surface area (Å²) in [6.07, 6.45) is 3.87. The van der Waals surface area contributed by atoms with Gasteiger partial charge in [-0.25, -0.2) is 4.79 Å². The highest BCUT2D eigenvalue weighted by atomic mass is 16.5. The highest BCUT2D eigenvalue weighted by molar-refractivity contribution is 5.99. The molecule has 0 spiro atoms. The molecule has 0 aromatic heterocycles. The third-order valence-corrected chi connectivity index (χ3v) is 6.80. The monoisotopic (exact) mass is 485 g/mol. The molecule has 0 fully saturated rings. The van der Waals surface area contributed by atoms with Crippen molar-refractivity contribution in [2.75, 3.05) is 27.4 Å². The Kier molecular flexibility index (Phi) is 8.95. The molecule has 1 aromatic rings. The fraction of sp³-hybridized carbons (Fsp3) is 0.519. The van der Waals surface area contributed by atoms with Gasteiger partial charge < -0.3 is 18.9 Å². The quantitative estimate of drug-likeness (QED) is 0.370. The molecule has 0 bridgehead atoms. The summed E-state index contributed by atoms with van der Waals surface area (Å²) in [5, 5.41) is 0. The lowest BCUT2D eigenvalue weighted by molar-refractivity contribution is -0.137. The lowest BCUT2D eigenvalue weighted by Crippen LogP contribution is -2.45. The Balaban J connectivity index is 1.72. The number of benzene rings is 1. The number of carbonyl (C=O) groups is 3. The van der Waals surface area contributed by atoms with Crippen LogP contribution in [0, 0.1) is 11.8 Å². The fourth-order valence-corrected chi connectivity index (χ4v) is 4.65. The molecular formula is C27H35NO7. The minimum Gasteiger partial charge on any atom is -0.497 e. The van der Waals surface area contributed by atoms with E-state index in [0.717, 1.165) is 29.9 Å². The average Bonchev–Trinajstić information content (AvgIpc) is 3.19. The van der Waals surface area contributed by atoms with Crippen molar-refractivity contribution in [2.45, 2.75) is 52.5 Å². The van der Waals surface area contributed by atoms with E-state index >= 15 is 0 Å². The molecule has 190 valence electrons. The number of methoxy groups -OCH3 is 2. The predicted octanol–water partition coefficient (Wildman–Crippen LogP) is 4.68. The van der Waals surface area contributed by atoms with Crippen LogP contribution >= 0.6 is 0 Å². The first-order valence-electron chi connectivity index (χ1n) is 11.9. The number of carbonyl (C=O) groups excluding carboxylic acids is 3. The lowest BCUT2D eigenvalue weighted by atomic mass is 9.79. The van der Waals surface area contributed by atoms with Crippen LogP contribution in [0.3, 0.4) is 0 Å². The highest BCUT2D eigenvalue weighted by Gasteiger charge is 2.36. The zero-order valence-electron chi connectivity index (χ0n) is 21.2. The molecule has 1 amide bonds. The summed E-state index contributed by atoms with van der Waals surface area (Å²) in [6.45, 7) is 6.03. The molecule has 0 aliphatic heterocycles. The molecular weight excluding hydrogens is 450 g/mol. The molecule has 0 N–H and O–H groups in total. The van der Waals surface area contributed by atoms with Gasteiger partial charge >= 0.3 is 12.1 Å². The number of ether oxygens (including phenoxy) is 4. The Morgan fingerprint density at radius 2 is 1.80 bits per heavy atom. The SMILES string of the molecule is COC(=O)N(CC1=C(OC(C)=O)CCC1=O)[C@@H]1C[C@H]([C@H](C)COc2ccc(OC)cc2)CC=C1C. The zero-order valence-corrected chi connectivity index (χ0v) is 21.2. The van der Waals surface area contributed by atoms with Gasteiger partial charge in [0.1, 0.15) is 17.3 Å². The first-order valence-corrected chi connectivity index (χ1v) is 11.9. The maximum atomic E-state index is 12.8. The second-order valence-corrected chi connectivity index (χ2v) is 9.18. The van der Waals surface area contributed by atoms with E-state index in [1.807, 2.05) is 31.2 Å². The molecule has 2 aliphatic rings. The van der Waals surface area contributed by atoms with Crippen molar-refractivity contribution < 1.29 is 33.3 Å². The minimum atomic E-state index is -0.514. The Hall–Kier alpha value is -3.29. The Morgan fingerprint density at radius 1 is 1.11 bits per heavy atom. The van der Waals surface area contributed by atoms with Crippen LogP contribution in [-0.4, -0.2) is 56.2 Å². The summed E-state index contributed by atoms with van der Waals surface area (Å²) >= 11 is 0. The van der Waals surface area contributed by atoms with Crippen LogP contribution in [0.2, 0.25) is 0 Å². The smallest absolute Gasteiger partial charge is 0.410 e. The predicted molar refractivity (Wildman–Crippen MR) is 130 cm³/mol. The van der Waals surface area contributed by atoms with E-state index in [0.29, 0.717) is 24.4 Å². The van der Waals surface area contributed by atoms with E-state index in [1.54, 1.807) is 12.0 Å². The van der Waals surface area contributed by atoms with Crippen molar-refractivity contribution in [1.82, 2.24) is 4.90 Å². The van der Waals surface area contributed by atoms with Gasteiger partial charge in [0.05, 0.1) is 39.0 Å². The van der Waals surface area contributed by atoms with Gasteiger partial charge in [-0.05, 0) is 55.9 Å². The normalized spacial score (nSPS) is 20.7. The van der Waals surface area contributed by atoms with Gasteiger partial charge in [0.25, 0.3) is 0 Å². The van der Waals surface area contributed by atoms with Crippen molar-refractivity contribution >= 4 is 17.8 Å². The molecule has 0 radical (unpaired) electrons. The van der Waals surface area contributed by atoms with E-state index in [1.165, 1.54) is 14.0 Å². The summed E-state index contributed by atoms with van der Waals surface area (Å²) in [6, 6.07) is 7.25. The molecule has 3 atom stereocenters. The standard InChI is InChI=1S/C27H35NO7/c1-17-6-7-20(18(2)16-34-22-10-8-21(32-4)9-11-22)14-24(17)28(27(31)33-5)15-23-25(30)12-13-26(23)35-19(3)29/h6,8-11,18,20,24H,7,12-16H2,1-5H3/t18-,20-,24-/m1/s1. The van der Waals surface area contributed by atoms with Crippen LogP contribution in [0.15, 0.2) is 47.2 Å². The summed E-state index contributed by atoms with van der Waals surface area (Å²) in [4.78, 5) is 38.4. The van der Waals surface area contributed by atoms with Gasteiger partial charge in [0.15, 0.2) is 5.78 Å². The van der Waals surface area contributed by atoms with E-state index < -0.39 is 12.1 Å². The number of nitrogens with zero attached hydrogens (tertiary/aromatic N) is 1. The van der Waals surface area contributed by atoms with Gasteiger partial charge in [-0.3, -0.25) is 14.5 Å². The van der Waals surface area contributed by atoms with Gasteiger partial charge in [-0.15, -0.1) is 0 Å². The number of amides is 1. The molecule has 2 aliphatic carbocycles. The second kappa shape index (κ2) is 11.9. The van der Waals surface area contributed by atoms with Crippen molar-refractivity contribution in [3.05, 3.63) is 47.2 Å². The number of rotatable bonds is 9. The Bertz CT molecular complexity index is 995. The third kappa shape index (κ3) is 6.65. The van der Waals surface area contributed by atoms with Crippen molar-refractivity contribution in [3.63, 3.8) is 0 Å². The van der Waals surface area contributed by atoms with Gasteiger partial charge in [0, 0.05) is 19.8 Å². The Morgan fingerprint density at radius 3 is 2.43 bits per heavy atom. The molecule has 8 heteroatoms. The minimum absolute atomic E-state index is 0.0490. The Labute approximate surface area is 206 Å². The van der Waals surface area contributed by atoms with Crippen LogP contribution in [0.25, 0.3) is 0 Å². The lowest BCUT2D eigenvalue weighted by Gasteiger charge is -2.38.